The molecule has 2 aromatic heterocycles. The molecule has 7 heteroatoms. The Morgan fingerprint density at radius 3 is 2.57 bits per heavy atom. The number of aromatic nitrogens is 4. The van der Waals surface area contributed by atoms with Gasteiger partial charge in [0.2, 0.25) is 4.96 Å². The zero-order valence-corrected chi connectivity index (χ0v) is 14.7. The van der Waals surface area contributed by atoms with E-state index in [4.69, 9.17) is 11.6 Å². The van der Waals surface area contributed by atoms with E-state index in [0.717, 1.165) is 46.0 Å². The van der Waals surface area contributed by atoms with Crippen LogP contribution in [0.2, 0.25) is 5.02 Å². The SMILES string of the molecule is CCN(CC)Cc1nnc2sc(/C=C\c3ccc(Cl)cc3)nn12. The second-order valence-electron chi connectivity index (χ2n) is 5.10. The highest BCUT2D eigenvalue weighted by atomic mass is 35.5. The molecule has 0 bridgehead atoms. The third kappa shape index (κ3) is 3.77. The summed E-state index contributed by atoms with van der Waals surface area (Å²) in [5.41, 5.74) is 1.09. The highest BCUT2D eigenvalue weighted by Gasteiger charge is 2.12. The van der Waals surface area contributed by atoms with Gasteiger partial charge in [0.25, 0.3) is 0 Å². The second kappa shape index (κ2) is 7.21. The van der Waals surface area contributed by atoms with Crippen LogP contribution in [0.25, 0.3) is 17.1 Å². The molecule has 5 nitrogen and oxygen atoms in total. The van der Waals surface area contributed by atoms with Gasteiger partial charge in [-0.05, 0) is 36.9 Å². The van der Waals surface area contributed by atoms with Crippen molar-refractivity contribution in [2.75, 3.05) is 13.1 Å². The van der Waals surface area contributed by atoms with Gasteiger partial charge in [0.05, 0.1) is 6.54 Å². The van der Waals surface area contributed by atoms with Crippen LogP contribution in [0.1, 0.15) is 30.2 Å². The van der Waals surface area contributed by atoms with Gasteiger partial charge in [0.1, 0.15) is 5.01 Å². The van der Waals surface area contributed by atoms with Crippen LogP contribution in [0.3, 0.4) is 0 Å². The highest BCUT2D eigenvalue weighted by Crippen LogP contribution is 2.18. The monoisotopic (exact) mass is 347 g/mol. The van der Waals surface area contributed by atoms with E-state index in [-0.39, 0.29) is 0 Å². The van der Waals surface area contributed by atoms with Gasteiger partial charge in [-0.1, -0.05) is 55.0 Å². The molecule has 1 aromatic carbocycles. The predicted octanol–water partition coefficient (Wildman–Crippen LogP) is 3.85. The van der Waals surface area contributed by atoms with Crippen LogP contribution in [0.5, 0.6) is 0 Å². The Hall–Kier alpha value is -1.76. The highest BCUT2D eigenvalue weighted by molar-refractivity contribution is 7.17. The molecule has 0 aliphatic heterocycles. The van der Waals surface area contributed by atoms with Crippen molar-refractivity contribution in [3.63, 3.8) is 0 Å². The molecule has 0 unspecified atom stereocenters. The van der Waals surface area contributed by atoms with Gasteiger partial charge >= 0.3 is 0 Å². The Balaban J connectivity index is 1.80. The summed E-state index contributed by atoms with van der Waals surface area (Å²) in [5.74, 6) is 0.881. The molecule has 0 radical (unpaired) electrons. The number of hydrogen-bond donors (Lipinski definition) is 0. The third-order valence-corrected chi connectivity index (χ3v) is 4.73. The zero-order valence-electron chi connectivity index (χ0n) is 13.1. The van der Waals surface area contributed by atoms with E-state index < -0.39 is 0 Å². The molecule has 3 aromatic rings. The molecule has 0 saturated carbocycles. The van der Waals surface area contributed by atoms with Gasteiger partial charge in [-0.25, -0.2) is 0 Å². The lowest BCUT2D eigenvalue weighted by atomic mass is 10.2. The van der Waals surface area contributed by atoms with Crippen molar-refractivity contribution in [3.05, 3.63) is 45.7 Å². The second-order valence-corrected chi connectivity index (χ2v) is 6.52. The Kier molecular flexibility index (Phi) is 5.05. The van der Waals surface area contributed by atoms with Crippen molar-refractivity contribution >= 4 is 40.1 Å². The van der Waals surface area contributed by atoms with Gasteiger partial charge in [-0.2, -0.15) is 9.61 Å². The summed E-state index contributed by atoms with van der Waals surface area (Å²) in [7, 11) is 0. The van der Waals surface area contributed by atoms with E-state index in [2.05, 4.69) is 34.0 Å². The lowest BCUT2D eigenvalue weighted by Gasteiger charge is -2.15. The van der Waals surface area contributed by atoms with Gasteiger partial charge in [-0.15, -0.1) is 10.2 Å². The average molecular weight is 348 g/mol. The Morgan fingerprint density at radius 1 is 1.13 bits per heavy atom. The zero-order chi connectivity index (χ0) is 16.2. The van der Waals surface area contributed by atoms with E-state index in [9.17, 15) is 0 Å². The molecule has 0 saturated heterocycles. The van der Waals surface area contributed by atoms with Crippen molar-refractivity contribution in [3.8, 4) is 0 Å². The maximum absolute atomic E-state index is 5.89. The molecule has 23 heavy (non-hydrogen) atoms. The number of halogens is 1. The molecule has 0 amide bonds. The molecule has 0 spiro atoms. The summed E-state index contributed by atoms with van der Waals surface area (Å²) < 4.78 is 1.84. The summed E-state index contributed by atoms with van der Waals surface area (Å²) >= 11 is 7.42. The molecule has 2 heterocycles. The van der Waals surface area contributed by atoms with Crippen molar-refractivity contribution < 1.29 is 0 Å². The van der Waals surface area contributed by atoms with Crippen LogP contribution >= 0.6 is 22.9 Å². The largest absolute Gasteiger partial charge is 0.296 e. The summed E-state index contributed by atoms with van der Waals surface area (Å²) in [5, 5.41) is 14.7. The van der Waals surface area contributed by atoms with E-state index in [1.165, 1.54) is 11.3 Å². The number of rotatable bonds is 6. The van der Waals surface area contributed by atoms with Crippen LogP contribution in [0.4, 0.5) is 0 Å². The topological polar surface area (TPSA) is 46.3 Å². The normalized spacial score (nSPS) is 12.0. The Labute approximate surface area is 144 Å². The molecule has 0 aliphatic carbocycles. The molecule has 0 atom stereocenters. The first kappa shape index (κ1) is 16.1. The van der Waals surface area contributed by atoms with E-state index >= 15 is 0 Å². The average Bonchev–Trinajstić information content (AvgIpc) is 3.13. The number of benzene rings is 1. The van der Waals surface area contributed by atoms with E-state index in [1.807, 2.05) is 40.9 Å². The standard InChI is InChI=1S/C16H18ClN5S/c1-3-21(4-2)11-14-18-19-16-22(14)20-15(23-16)10-7-12-5-8-13(17)9-6-12/h5-10H,3-4,11H2,1-2H3/b10-7-. The predicted molar refractivity (Wildman–Crippen MR) is 95.7 cm³/mol. The molecule has 0 fully saturated rings. The minimum absolute atomic E-state index is 0.738. The van der Waals surface area contributed by atoms with E-state index in [0.29, 0.717) is 0 Å². The molecule has 0 aliphatic rings. The number of fused-ring (bicyclic) bond motifs is 1. The van der Waals surface area contributed by atoms with Crippen LogP contribution in [0, 0.1) is 0 Å². The summed E-state index contributed by atoms with van der Waals surface area (Å²) in [4.78, 5) is 3.11. The maximum atomic E-state index is 5.89. The molecular formula is C16H18ClN5S. The van der Waals surface area contributed by atoms with Crippen molar-refractivity contribution in [1.82, 2.24) is 24.7 Å². The van der Waals surface area contributed by atoms with Gasteiger partial charge < -0.3 is 0 Å². The van der Waals surface area contributed by atoms with Crippen molar-refractivity contribution in [1.29, 1.82) is 0 Å². The first-order valence-electron chi connectivity index (χ1n) is 7.56. The van der Waals surface area contributed by atoms with Gasteiger partial charge in [0.15, 0.2) is 5.82 Å². The fraction of sp³-hybridized carbons (Fsp3) is 0.312. The first-order chi connectivity index (χ1) is 11.2. The molecule has 3 rings (SSSR count). The van der Waals surface area contributed by atoms with Crippen molar-refractivity contribution in [2.45, 2.75) is 20.4 Å². The third-order valence-electron chi connectivity index (χ3n) is 3.62. The minimum atomic E-state index is 0.738. The minimum Gasteiger partial charge on any atom is -0.296 e. The molecular weight excluding hydrogens is 330 g/mol. The summed E-state index contributed by atoms with van der Waals surface area (Å²) in [6.45, 7) is 7.02. The van der Waals surface area contributed by atoms with E-state index in [1.54, 1.807) is 0 Å². The van der Waals surface area contributed by atoms with Gasteiger partial charge in [-0.3, -0.25) is 4.90 Å². The number of hydrogen-bond acceptors (Lipinski definition) is 5. The Bertz CT molecular complexity index is 802. The smallest absolute Gasteiger partial charge is 0.235 e. The fourth-order valence-corrected chi connectivity index (χ4v) is 3.11. The molecule has 120 valence electrons. The summed E-state index contributed by atoms with van der Waals surface area (Å²) in [6.07, 6.45) is 4.01. The summed E-state index contributed by atoms with van der Waals surface area (Å²) in [6, 6.07) is 7.71. The van der Waals surface area contributed by atoms with Gasteiger partial charge in [0, 0.05) is 5.02 Å². The maximum Gasteiger partial charge on any atom is 0.235 e. The lowest BCUT2D eigenvalue weighted by molar-refractivity contribution is 0.286. The van der Waals surface area contributed by atoms with Crippen LogP contribution < -0.4 is 0 Å². The lowest BCUT2D eigenvalue weighted by Crippen LogP contribution is -2.23. The Morgan fingerprint density at radius 2 is 1.87 bits per heavy atom. The number of nitrogens with zero attached hydrogens (tertiary/aromatic N) is 5. The van der Waals surface area contributed by atoms with Crippen molar-refractivity contribution in [2.24, 2.45) is 0 Å². The molecule has 0 N–H and O–H groups in total. The first-order valence-corrected chi connectivity index (χ1v) is 8.76. The quantitative estimate of drug-likeness (QED) is 0.679. The van der Waals surface area contributed by atoms with Crippen LogP contribution in [-0.2, 0) is 6.54 Å². The van der Waals surface area contributed by atoms with Crippen LogP contribution in [0.15, 0.2) is 24.3 Å². The van der Waals surface area contributed by atoms with Crippen LogP contribution in [-0.4, -0.2) is 37.8 Å². The fourth-order valence-electron chi connectivity index (χ4n) is 2.23.